The van der Waals surface area contributed by atoms with Crippen molar-refractivity contribution >= 4 is 11.7 Å². The number of carboxylic acids is 1. The van der Waals surface area contributed by atoms with E-state index in [0.717, 1.165) is 18.7 Å². The van der Waals surface area contributed by atoms with Crippen LogP contribution in [-0.2, 0) is 6.18 Å². The summed E-state index contributed by atoms with van der Waals surface area (Å²) >= 11 is 0. The first-order chi connectivity index (χ1) is 9.25. The van der Waals surface area contributed by atoms with Gasteiger partial charge in [0.2, 0.25) is 0 Å². The Balaban J connectivity index is 2.86. The normalized spacial score (nSPS) is 11.7. The summed E-state index contributed by atoms with van der Waals surface area (Å²) in [6.07, 6.45) is -4.67. The maximum absolute atomic E-state index is 12.7. The molecular formula is C13H17F3N2O2. The first kappa shape index (κ1) is 16.3. The van der Waals surface area contributed by atoms with Crippen molar-refractivity contribution in [2.45, 2.75) is 13.1 Å². The van der Waals surface area contributed by atoms with Crippen LogP contribution in [0, 0.1) is 0 Å². The summed E-state index contributed by atoms with van der Waals surface area (Å²) in [5.74, 6) is -1.59. The minimum atomic E-state index is -4.67. The Hall–Kier alpha value is -1.76. The van der Waals surface area contributed by atoms with Gasteiger partial charge in [0, 0.05) is 18.8 Å². The Morgan fingerprint density at radius 1 is 1.40 bits per heavy atom. The second kappa shape index (κ2) is 6.60. The summed E-state index contributed by atoms with van der Waals surface area (Å²) in [6, 6.07) is 3.04. The lowest BCUT2D eigenvalue weighted by Crippen LogP contribution is -2.24. The monoisotopic (exact) mass is 290 g/mol. The average Bonchev–Trinajstić information content (AvgIpc) is 2.37. The fourth-order valence-electron chi connectivity index (χ4n) is 1.63. The zero-order valence-electron chi connectivity index (χ0n) is 11.3. The highest BCUT2D eigenvalue weighted by Crippen LogP contribution is 2.33. The van der Waals surface area contributed by atoms with Gasteiger partial charge in [-0.05, 0) is 31.8 Å². The van der Waals surface area contributed by atoms with Gasteiger partial charge in [-0.3, -0.25) is 0 Å². The number of rotatable bonds is 6. The third-order valence-electron chi connectivity index (χ3n) is 2.92. The van der Waals surface area contributed by atoms with E-state index in [0.29, 0.717) is 18.8 Å². The van der Waals surface area contributed by atoms with Crippen LogP contribution in [0.3, 0.4) is 0 Å². The molecular weight excluding hydrogens is 273 g/mol. The molecule has 0 fully saturated rings. The second-order valence-corrected chi connectivity index (χ2v) is 4.39. The highest BCUT2D eigenvalue weighted by molar-refractivity contribution is 5.91. The maximum Gasteiger partial charge on any atom is 0.417 e. The van der Waals surface area contributed by atoms with Crippen LogP contribution in [0.25, 0.3) is 0 Å². The van der Waals surface area contributed by atoms with Crippen LogP contribution in [0.1, 0.15) is 22.8 Å². The van der Waals surface area contributed by atoms with E-state index in [2.05, 4.69) is 5.32 Å². The largest absolute Gasteiger partial charge is 0.478 e. The molecule has 0 amide bonds. The molecule has 0 atom stereocenters. The van der Waals surface area contributed by atoms with Gasteiger partial charge in [0.05, 0.1) is 11.1 Å². The number of halogens is 3. The van der Waals surface area contributed by atoms with Gasteiger partial charge in [-0.2, -0.15) is 13.2 Å². The molecule has 0 aliphatic heterocycles. The lowest BCUT2D eigenvalue weighted by atomic mass is 10.1. The fraction of sp³-hybridized carbons (Fsp3) is 0.462. The summed E-state index contributed by atoms with van der Waals surface area (Å²) in [5.41, 5.74) is -1.52. The standard InChI is InChI=1S/C13H17F3N2O2/c1-3-18(2)7-6-17-9-4-5-11(13(14,15)16)10(8-9)12(19)20/h4-5,8,17H,3,6-7H2,1-2H3,(H,19,20). The van der Waals surface area contributed by atoms with Gasteiger partial charge >= 0.3 is 12.1 Å². The molecule has 112 valence electrons. The molecule has 0 heterocycles. The first-order valence-corrected chi connectivity index (χ1v) is 6.12. The highest BCUT2D eigenvalue weighted by atomic mass is 19.4. The molecule has 0 unspecified atom stereocenters. The third kappa shape index (κ3) is 4.41. The van der Waals surface area contributed by atoms with Crippen LogP contribution in [0.5, 0.6) is 0 Å². The van der Waals surface area contributed by atoms with Crippen molar-refractivity contribution in [2.75, 3.05) is 32.0 Å². The molecule has 0 aromatic heterocycles. The molecule has 0 aliphatic carbocycles. The quantitative estimate of drug-likeness (QED) is 0.846. The fourth-order valence-corrected chi connectivity index (χ4v) is 1.63. The predicted molar refractivity (Wildman–Crippen MR) is 70.1 cm³/mol. The molecule has 1 rings (SSSR count). The first-order valence-electron chi connectivity index (χ1n) is 6.12. The lowest BCUT2D eigenvalue weighted by Gasteiger charge is -2.16. The van der Waals surface area contributed by atoms with E-state index in [4.69, 9.17) is 5.11 Å². The molecule has 0 spiro atoms. The average molecular weight is 290 g/mol. The zero-order valence-corrected chi connectivity index (χ0v) is 11.3. The molecule has 0 aliphatic rings. The number of nitrogens with one attached hydrogen (secondary N) is 1. The molecule has 0 saturated carbocycles. The van der Waals surface area contributed by atoms with Gasteiger partial charge in [-0.15, -0.1) is 0 Å². The Morgan fingerprint density at radius 3 is 2.55 bits per heavy atom. The summed E-state index contributed by atoms with van der Waals surface area (Å²) in [6.45, 7) is 4.07. The van der Waals surface area contributed by atoms with Crippen LogP contribution >= 0.6 is 0 Å². The van der Waals surface area contributed by atoms with Crippen molar-refractivity contribution in [3.63, 3.8) is 0 Å². The Bertz CT molecular complexity index is 475. The van der Waals surface area contributed by atoms with E-state index in [-0.39, 0.29) is 0 Å². The smallest absolute Gasteiger partial charge is 0.417 e. The van der Waals surface area contributed by atoms with Gasteiger partial charge in [0.25, 0.3) is 0 Å². The van der Waals surface area contributed by atoms with Crippen molar-refractivity contribution in [2.24, 2.45) is 0 Å². The molecule has 0 radical (unpaired) electrons. The van der Waals surface area contributed by atoms with Crippen LogP contribution in [0.4, 0.5) is 18.9 Å². The van der Waals surface area contributed by atoms with E-state index in [1.807, 2.05) is 18.9 Å². The summed E-state index contributed by atoms with van der Waals surface area (Å²) in [7, 11) is 1.91. The molecule has 0 bridgehead atoms. The van der Waals surface area contributed by atoms with Crippen molar-refractivity contribution in [3.05, 3.63) is 29.3 Å². The van der Waals surface area contributed by atoms with E-state index in [1.54, 1.807) is 0 Å². The SMILES string of the molecule is CCN(C)CCNc1ccc(C(F)(F)F)c(C(=O)O)c1. The Kier molecular flexibility index (Phi) is 5.38. The topological polar surface area (TPSA) is 52.6 Å². The number of nitrogens with zero attached hydrogens (tertiary/aromatic N) is 1. The minimum Gasteiger partial charge on any atom is -0.478 e. The summed E-state index contributed by atoms with van der Waals surface area (Å²) < 4.78 is 38.0. The van der Waals surface area contributed by atoms with Crippen molar-refractivity contribution in [1.82, 2.24) is 4.90 Å². The van der Waals surface area contributed by atoms with Crippen LogP contribution in [0.2, 0.25) is 0 Å². The number of carboxylic acid groups (broad SMARTS) is 1. The number of hydrogen-bond acceptors (Lipinski definition) is 3. The zero-order chi connectivity index (χ0) is 15.3. The molecule has 1 aromatic carbocycles. The molecule has 7 heteroatoms. The van der Waals surface area contributed by atoms with Crippen LogP contribution in [-0.4, -0.2) is 42.7 Å². The molecule has 0 saturated heterocycles. The van der Waals surface area contributed by atoms with E-state index in [1.165, 1.54) is 6.07 Å². The second-order valence-electron chi connectivity index (χ2n) is 4.39. The molecule has 20 heavy (non-hydrogen) atoms. The minimum absolute atomic E-state index is 0.361. The van der Waals surface area contributed by atoms with Crippen molar-refractivity contribution < 1.29 is 23.1 Å². The van der Waals surface area contributed by atoms with Crippen molar-refractivity contribution in [1.29, 1.82) is 0 Å². The van der Waals surface area contributed by atoms with Gasteiger partial charge in [-0.25, -0.2) is 4.79 Å². The Labute approximate surface area is 115 Å². The number of hydrogen-bond donors (Lipinski definition) is 2. The van der Waals surface area contributed by atoms with Crippen molar-refractivity contribution in [3.8, 4) is 0 Å². The molecule has 1 aromatic rings. The van der Waals surface area contributed by atoms with E-state index < -0.39 is 23.3 Å². The van der Waals surface area contributed by atoms with Crippen LogP contribution < -0.4 is 5.32 Å². The highest BCUT2D eigenvalue weighted by Gasteiger charge is 2.35. The number of likely N-dealkylation sites (N-methyl/N-ethyl adjacent to an activating group) is 1. The van der Waals surface area contributed by atoms with Gasteiger partial charge in [-0.1, -0.05) is 6.92 Å². The Morgan fingerprint density at radius 2 is 2.05 bits per heavy atom. The maximum atomic E-state index is 12.7. The van der Waals surface area contributed by atoms with E-state index in [9.17, 15) is 18.0 Å². The number of aromatic carboxylic acids is 1. The molecule has 2 N–H and O–H groups in total. The van der Waals surface area contributed by atoms with E-state index >= 15 is 0 Å². The van der Waals surface area contributed by atoms with Gasteiger partial charge in [0.1, 0.15) is 0 Å². The number of benzene rings is 1. The summed E-state index contributed by atoms with van der Waals surface area (Å²) in [5, 5.41) is 11.8. The number of alkyl halides is 3. The lowest BCUT2D eigenvalue weighted by molar-refractivity contribution is -0.138. The predicted octanol–water partition coefficient (Wildman–Crippen LogP) is 2.77. The summed E-state index contributed by atoms with van der Waals surface area (Å²) in [4.78, 5) is 12.9. The number of anilines is 1. The van der Waals surface area contributed by atoms with Crippen LogP contribution in [0.15, 0.2) is 18.2 Å². The van der Waals surface area contributed by atoms with Gasteiger partial charge < -0.3 is 15.3 Å². The third-order valence-corrected chi connectivity index (χ3v) is 2.92. The van der Waals surface area contributed by atoms with Gasteiger partial charge in [0.15, 0.2) is 0 Å². The molecule has 4 nitrogen and oxygen atoms in total. The number of carbonyl (C=O) groups is 1.